The monoisotopic (exact) mass is 231 g/mol. The highest BCUT2D eigenvalue weighted by Gasteiger charge is 2.31. The lowest BCUT2D eigenvalue weighted by Gasteiger charge is -2.08. The molecule has 0 saturated heterocycles. The van der Waals surface area contributed by atoms with Crippen molar-refractivity contribution in [3.05, 3.63) is 39.8 Å². The van der Waals surface area contributed by atoms with E-state index < -0.39 is 29.0 Å². The summed E-state index contributed by atoms with van der Waals surface area (Å²) in [5.74, 6) is -1.53. The van der Waals surface area contributed by atoms with Crippen LogP contribution in [0.15, 0.2) is 23.3 Å². The first-order valence-corrected chi connectivity index (χ1v) is 3.85. The van der Waals surface area contributed by atoms with Gasteiger partial charge in [-0.15, -0.1) is 0 Å². The molecule has 0 saturated carbocycles. The molecule has 0 amide bonds. The number of hydrogen-bond donors (Lipinski definition) is 1. The van der Waals surface area contributed by atoms with Gasteiger partial charge in [0.05, 0.1) is 11.1 Å². The lowest BCUT2D eigenvalue weighted by atomic mass is 10.1. The summed E-state index contributed by atoms with van der Waals surface area (Å²) in [6.07, 6.45) is -4.69. The van der Waals surface area contributed by atoms with Gasteiger partial charge in [-0.3, -0.25) is 0 Å². The van der Waals surface area contributed by atoms with E-state index in [0.29, 0.717) is 12.1 Å². The van der Waals surface area contributed by atoms with Gasteiger partial charge in [0.1, 0.15) is 0 Å². The minimum atomic E-state index is -4.69. The highest BCUT2D eigenvalue weighted by molar-refractivity contribution is 5.89. The SMILES string of the molecule is [N-]=[N+]=Nc1cc(C(=O)O)cc(C(F)(F)F)c1. The molecule has 0 spiro atoms. The number of nitrogens with zero attached hydrogens (tertiary/aromatic N) is 3. The van der Waals surface area contributed by atoms with E-state index in [2.05, 4.69) is 10.0 Å². The predicted molar refractivity (Wildman–Crippen MR) is 47.2 cm³/mol. The van der Waals surface area contributed by atoms with Crippen LogP contribution >= 0.6 is 0 Å². The van der Waals surface area contributed by atoms with E-state index in [9.17, 15) is 18.0 Å². The summed E-state index contributed by atoms with van der Waals surface area (Å²) in [7, 11) is 0. The zero-order valence-electron chi connectivity index (χ0n) is 7.56. The molecular formula is C8H4F3N3O2. The summed E-state index contributed by atoms with van der Waals surface area (Å²) in [4.78, 5) is 12.8. The maximum absolute atomic E-state index is 12.3. The quantitative estimate of drug-likeness (QED) is 0.480. The van der Waals surface area contributed by atoms with Gasteiger partial charge in [0.25, 0.3) is 0 Å². The van der Waals surface area contributed by atoms with Crippen LogP contribution in [0, 0.1) is 0 Å². The van der Waals surface area contributed by atoms with E-state index in [1.807, 2.05) is 0 Å². The molecule has 1 N–H and O–H groups in total. The molecule has 8 heteroatoms. The van der Waals surface area contributed by atoms with E-state index in [1.165, 1.54) is 0 Å². The predicted octanol–water partition coefficient (Wildman–Crippen LogP) is 3.35. The van der Waals surface area contributed by atoms with Gasteiger partial charge in [0, 0.05) is 10.6 Å². The van der Waals surface area contributed by atoms with Crippen molar-refractivity contribution >= 4 is 11.7 Å². The molecule has 0 aliphatic rings. The van der Waals surface area contributed by atoms with Gasteiger partial charge in [-0.2, -0.15) is 13.2 Å². The van der Waals surface area contributed by atoms with Crippen molar-refractivity contribution in [1.29, 1.82) is 0 Å². The molecule has 0 unspecified atom stereocenters. The fourth-order valence-electron chi connectivity index (χ4n) is 1.01. The molecule has 0 fully saturated rings. The fourth-order valence-corrected chi connectivity index (χ4v) is 1.01. The average Bonchev–Trinajstić information content (AvgIpc) is 2.16. The number of hydrogen-bond acceptors (Lipinski definition) is 2. The molecule has 0 aliphatic heterocycles. The van der Waals surface area contributed by atoms with Crippen LogP contribution in [-0.4, -0.2) is 11.1 Å². The Morgan fingerprint density at radius 2 is 2.00 bits per heavy atom. The van der Waals surface area contributed by atoms with Crippen LogP contribution in [0.4, 0.5) is 18.9 Å². The summed E-state index contributed by atoms with van der Waals surface area (Å²) < 4.78 is 37.0. The first kappa shape index (κ1) is 11.9. The second kappa shape index (κ2) is 4.11. The first-order chi connectivity index (χ1) is 7.34. The van der Waals surface area contributed by atoms with Gasteiger partial charge in [0.15, 0.2) is 0 Å². The molecule has 5 nitrogen and oxygen atoms in total. The van der Waals surface area contributed by atoms with Gasteiger partial charge in [-0.25, -0.2) is 4.79 Å². The van der Waals surface area contributed by atoms with Crippen LogP contribution in [0.25, 0.3) is 10.4 Å². The van der Waals surface area contributed by atoms with Crippen LogP contribution in [-0.2, 0) is 6.18 Å². The van der Waals surface area contributed by atoms with Gasteiger partial charge >= 0.3 is 12.1 Å². The normalized spacial score (nSPS) is 10.7. The molecule has 0 heterocycles. The smallest absolute Gasteiger partial charge is 0.416 e. The van der Waals surface area contributed by atoms with Gasteiger partial charge < -0.3 is 5.11 Å². The Kier molecular flexibility index (Phi) is 3.05. The van der Waals surface area contributed by atoms with Crippen molar-refractivity contribution in [1.82, 2.24) is 0 Å². The summed E-state index contributed by atoms with van der Waals surface area (Å²) in [6.45, 7) is 0. The first-order valence-electron chi connectivity index (χ1n) is 3.85. The number of azide groups is 1. The average molecular weight is 231 g/mol. The van der Waals surface area contributed by atoms with E-state index in [1.54, 1.807) is 0 Å². The number of carboxylic acid groups (broad SMARTS) is 1. The Morgan fingerprint density at radius 1 is 1.38 bits per heavy atom. The molecule has 16 heavy (non-hydrogen) atoms. The van der Waals surface area contributed by atoms with Crippen molar-refractivity contribution in [3.63, 3.8) is 0 Å². The number of benzene rings is 1. The highest BCUT2D eigenvalue weighted by Crippen LogP contribution is 2.32. The third kappa shape index (κ3) is 2.64. The molecule has 0 atom stereocenters. The van der Waals surface area contributed by atoms with Crippen LogP contribution in [0.2, 0.25) is 0 Å². The van der Waals surface area contributed by atoms with Crippen LogP contribution in [0.5, 0.6) is 0 Å². The van der Waals surface area contributed by atoms with Crippen LogP contribution in [0.1, 0.15) is 15.9 Å². The van der Waals surface area contributed by atoms with E-state index in [4.69, 9.17) is 10.6 Å². The van der Waals surface area contributed by atoms with Crippen molar-refractivity contribution < 1.29 is 23.1 Å². The summed E-state index contributed by atoms with van der Waals surface area (Å²) in [5.41, 5.74) is 5.92. The summed E-state index contributed by atoms with van der Waals surface area (Å²) in [5, 5.41) is 11.5. The number of carboxylic acids is 1. The largest absolute Gasteiger partial charge is 0.478 e. The zero-order valence-corrected chi connectivity index (χ0v) is 7.56. The molecular weight excluding hydrogens is 227 g/mol. The van der Waals surface area contributed by atoms with Gasteiger partial charge in [-0.1, -0.05) is 5.11 Å². The Labute approximate surface area is 86.7 Å². The maximum atomic E-state index is 12.3. The topological polar surface area (TPSA) is 86.1 Å². The van der Waals surface area contributed by atoms with Gasteiger partial charge in [0.2, 0.25) is 0 Å². The minimum absolute atomic E-state index is 0.394. The van der Waals surface area contributed by atoms with Crippen molar-refractivity contribution in [3.8, 4) is 0 Å². The lowest BCUT2D eigenvalue weighted by Crippen LogP contribution is -2.07. The fraction of sp³-hybridized carbons (Fsp3) is 0.125. The minimum Gasteiger partial charge on any atom is -0.478 e. The summed E-state index contributed by atoms with van der Waals surface area (Å²) in [6, 6.07) is 1.90. The number of aromatic carboxylic acids is 1. The highest BCUT2D eigenvalue weighted by atomic mass is 19.4. The van der Waals surface area contributed by atoms with Gasteiger partial charge in [-0.05, 0) is 23.7 Å². The number of halogens is 3. The third-order valence-electron chi connectivity index (χ3n) is 1.65. The van der Waals surface area contributed by atoms with E-state index in [0.717, 1.165) is 6.07 Å². The molecule has 84 valence electrons. The van der Waals surface area contributed by atoms with E-state index >= 15 is 0 Å². The molecule has 0 aliphatic carbocycles. The Morgan fingerprint density at radius 3 is 2.44 bits per heavy atom. The van der Waals surface area contributed by atoms with Crippen molar-refractivity contribution in [2.45, 2.75) is 6.18 Å². The zero-order chi connectivity index (χ0) is 12.3. The molecule has 0 bridgehead atoms. The number of rotatable bonds is 2. The third-order valence-corrected chi connectivity index (χ3v) is 1.65. The number of alkyl halides is 3. The van der Waals surface area contributed by atoms with E-state index in [-0.39, 0.29) is 0 Å². The molecule has 1 aromatic rings. The van der Waals surface area contributed by atoms with Crippen molar-refractivity contribution in [2.24, 2.45) is 5.11 Å². The standard InChI is InChI=1S/C8H4F3N3O2/c9-8(10,11)5-1-4(7(15)16)2-6(3-5)13-14-12/h1-3H,(H,15,16). The molecule has 1 rings (SSSR count). The van der Waals surface area contributed by atoms with Crippen molar-refractivity contribution in [2.75, 3.05) is 0 Å². The molecule has 0 radical (unpaired) electrons. The molecule has 0 aromatic heterocycles. The number of carbonyl (C=O) groups is 1. The second-order valence-corrected chi connectivity index (χ2v) is 2.76. The lowest BCUT2D eigenvalue weighted by molar-refractivity contribution is -0.137. The maximum Gasteiger partial charge on any atom is 0.416 e. The Bertz CT molecular complexity index is 458. The Hall–Kier alpha value is -2.21. The molecule has 1 aromatic carbocycles. The summed E-state index contributed by atoms with van der Waals surface area (Å²) >= 11 is 0. The Balaban J connectivity index is 3.41. The van der Waals surface area contributed by atoms with Crippen LogP contribution < -0.4 is 0 Å². The second-order valence-electron chi connectivity index (χ2n) is 2.76. The van der Waals surface area contributed by atoms with Crippen LogP contribution in [0.3, 0.4) is 0 Å².